The lowest BCUT2D eigenvalue weighted by atomic mass is 10.1. The fourth-order valence-electron chi connectivity index (χ4n) is 5.05. The fraction of sp³-hybridized carbons (Fsp3) is 0.481. The van der Waals surface area contributed by atoms with Gasteiger partial charge in [-0.3, -0.25) is 14.3 Å². The maximum Gasteiger partial charge on any atom is 0.251 e. The van der Waals surface area contributed by atoms with E-state index < -0.39 is 30.4 Å². The van der Waals surface area contributed by atoms with Crippen LogP contribution in [-0.4, -0.2) is 85.2 Å². The molecule has 12 nitrogen and oxygen atoms in total. The van der Waals surface area contributed by atoms with Crippen molar-refractivity contribution < 1.29 is 24.5 Å². The second-order valence-corrected chi connectivity index (χ2v) is 9.75. The van der Waals surface area contributed by atoms with E-state index in [9.17, 15) is 15.0 Å². The molecule has 39 heavy (non-hydrogen) atoms. The van der Waals surface area contributed by atoms with E-state index in [0.717, 1.165) is 18.4 Å². The molecule has 12 heteroatoms. The molecule has 3 aromatic rings. The van der Waals surface area contributed by atoms with Crippen molar-refractivity contribution in [2.45, 2.75) is 62.9 Å². The molecule has 0 radical (unpaired) electrons. The van der Waals surface area contributed by atoms with Gasteiger partial charge in [0.15, 0.2) is 23.8 Å². The van der Waals surface area contributed by atoms with Crippen molar-refractivity contribution in [3.63, 3.8) is 0 Å². The monoisotopic (exact) mass is 535 g/mol. The number of imidazole rings is 1. The van der Waals surface area contributed by atoms with Crippen molar-refractivity contribution in [1.82, 2.24) is 29.7 Å². The number of benzene rings is 1. The Kier molecular flexibility index (Phi) is 8.35. The van der Waals surface area contributed by atoms with E-state index in [0.29, 0.717) is 31.4 Å². The highest BCUT2D eigenvalue weighted by Gasteiger charge is 2.47. The molecule has 1 aliphatic carbocycles. The largest absolute Gasteiger partial charge is 0.387 e. The quantitative estimate of drug-likeness (QED) is 0.237. The summed E-state index contributed by atoms with van der Waals surface area (Å²) in [5, 5.41) is 23.3. The number of anilines is 1. The van der Waals surface area contributed by atoms with Gasteiger partial charge in [-0.1, -0.05) is 49.1 Å². The summed E-state index contributed by atoms with van der Waals surface area (Å²) < 4.78 is 13.1. The molecule has 5 N–H and O–H groups in total. The van der Waals surface area contributed by atoms with Gasteiger partial charge in [-0.15, -0.1) is 0 Å². The standard InChI is InChI=1S/C27H33N7O5/c1-29-26(37)23-21(35)22(36)27(39-23)34-15-30-20-24(28)31-19(32-25(20)34)12-7-13-33(18-10-5-6-11-18)16-38-14-17-8-3-2-4-9-17/h2-4,8-9,15,18,21-23,27,35-36H,5-6,10-11,13-14,16H2,1H3,(H,29,37)(H2,28,31,32)/t21-,22+,23-,27+/m0/s1. The zero-order valence-electron chi connectivity index (χ0n) is 21.7. The molecule has 1 saturated carbocycles. The summed E-state index contributed by atoms with van der Waals surface area (Å²) in [6, 6.07) is 10.5. The van der Waals surface area contributed by atoms with Gasteiger partial charge in [-0.2, -0.15) is 0 Å². The number of nitrogens with two attached hydrogens (primary N) is 1. The summed E-state index contributed by atoms with van der Waals surface area (Å²) in [6.07, 6.45) is 0.846. The Morgan fingerprint density at radius 1 is 1.23 bits per heavy atom. The van der Waals surface area contributed by atoms with Crippen molar-refractivity contribution in [1.29, 1.82) is 0 Å². The van der Waals surface area contributed by atoms with Crippen LogP contribution >= 0.6 is 0 Å². The molecule has 0 spiro atoms. The topological polar surface area (TPSA) is 161 Å². The summed E-state index contributed by atoms with van der Waals surface area (Å²) in [5.41, 5.74) is 7.84. The number of ether oxygens (including phenoxy) is 2. The molecule has 1 aromatic carbocycles. The number of aromatic nitrogens is 4. The van der Waals surface area contributed by atoms with Gasteiger partial charge in [-0.25, -0.2) is 15.0 Å². The number of fused-ring (bicyclic) bond motifs is 1. The van der Waals surface area contributed by atoms with Crippen LogP contribution in [0.4, 0.5) is 5.82 Å². The van der Waals surface area contributed by atoms with Gasteiger partial charge in [-0.05, 0) is 24.3 Å². The number of amides is 1. The lowest BCUT2D eigenvalue weighted by Gasteiger charge is -2.26. The zero-order chi connectivity index (χ0) is 27.4. The van der Waals surface area contributed by atoms with Crippen LogP contribution in [0.5, 0.6) is 0 Å². The predicted octanol–water partition coefficient (Wildman–Crippen LogP) is 0.544. The second kappa shape index (κ2) is 12.1. The molecular formula is C27H33N7O5. The zero-order valence-corrected chi connectivity index (χ0v) is 21.7. The maximum atomic E-state index is 12.1. The highest BCUT2D eigenvalue weighted by molar-refractivity contribution is 5.83. The Bertz CT molecular complexity index is 1350. The normalized spacial score (nSPS) is 23.3. The number of carbonyl (C=O) groups is 1. The Hall–Kier alpha value is -3.60. The number of likely N-dealkylation sites (N-methyl/N-ethyl adjacent to an activating group) is 1. The second-order valence-electron chi connectivity index (χ2n) is 9.75. The van der Waals surface area contributed by atoms with E-state index in [-0.39, 0.29) is 17.3 Å². The lowest BCUT2D eigenvalue weighted by molar-refractivity contribution is -0.137. The number of aliphatic hydroxyl groups excluding tert-OH is 2. The van der Waals surface area contributed by atoms with E-state index in [1.54, 1.807) is 0 Å². The van der Waals surface area contributed by atoms with Crippen LogP contribution in [-0.2, 0) is 20.9 Å². The first kappa shape index (κ1) is 27.0. The number of carbonyl (C=O) groups excluding carboxylic acids is 1. The van der Waals surface area contributed by atoms with Crippen LogP contribution in [0.3, 0.4) is 0 Å². The molecule has 1 amide bonds. The molecule has 206 valence electrons. The molecule has 2 aromatic heterocycles. The minimum Gasteiger partial charge on any atom is -0.387 e. The van der Waals surface area contributed by atoms with Gasteiger partial charge in [0.2, 0.25) is 5.82 Å². The van der Waals surface area contributed by atoms with Crippen LogP contribution in [0, 0.1) is 11.8 Å². The number of nitrogens with zero attached hydrogens (tertiary/aromatic N) is 5. The van der Waals surface area contributed by atoms with Gasteiger partial charge in [0.05, 0.1) is 19.5 Å². The summed E-state index contributed by atoms with van der Waals surface area (Å²) in [4.78, 5) is 27.3. The Morgan fingerprint density at radius 3 is 2.74 bits per heavy atom. The SMILES string of the molecule is CNC(=O)[C@H]1O[C@@H](n2cnc3c(N)nc(C#CCN(COCc4ccccc4)C4CCCC4)nc32)[C@H](O)[C@@H]1O. The highest BCUT2D eigenvalue weighted by Crippen LogP contribution is 2.32. The first-order valence-corrected chi connectivity index (χ1v) is 13.0. The summed E-state index contributed by atoms with van der Waals surface area (Å²) in [5.74, 6) is 5.92. The van der Waals surface area contributed by atoms with Crippen molar-refractivity contribution in [2.75, 3.05) is 26.1 Å². The van der Waals surface area contributed by atoms with Crippen LogP contribution < -0.4 is 11.1 Å². The Balaban J connectivity index is 1.32. The molecule has 1 aliphatic heterocycles. The van der Waals surface area contributed by atoms with E-state index in [4.69, 9.17) is 15.2 Å². The number of rotatable bonds is 8. The minimum atomic E-state index is -1.42. The van der Waals surface area contributed by atoms with Crippen molar-refractivity contribution in [2.24, 2.45) is 0 Å². The number of hydrogen-bond donors (Lipinski definition) is 4. The summed E-state index contributed by atoms with van der Waals surface area (Å²) in [6.45, 7) is 1.47. The van der Waals surface area contributed by atoms with Gasteiger partial charge in [0, 0.05) is 13.1 Å². The highest BCUT2D eigenvalue weighted by atomic mass is 16.6. The van der Waals surface area contributed by atoms with Crippen LogP contribution in [0.15, 0.2) is 36.7 Å². The molecule has 2 aliphatic rings. The summed E-state index contributed by atoms with van der Waals surface area (Å²) >= 11 is 0. The molecule has 2 fully saturated rings. The number of hydrogen-bond acceptors (Lipinski definition) is 10. The molecule has 0 unspecified atom stereocenters. The molecule has 0 bridgehead atoms. The van der Waals surface area contributed by atoms with Crippen LogP contribution in [0.1, 0.15) is 43.3 Å². The van der Waals surface area contributed by atoms with Gasteiger partial charge in [0.25, 0.3) is 5.91 Å². The van der Waals surface area contributed by atoms with E-state index in [1.807, 2.05) is 30.3 Å². The number of nitrogens with one attached hydrogen (secondary N) is 1. The third kappa shape index (κ3) is 5.88. The molecule has 5 rings (SSSR count). The third-order valence-electron chi connectivity index (χ3n) is 7.16. The van der Waals surface area contributed by atoms with Gasteiger partial charge < -0.3 is 30.7 Å². The Labute approximate surface area is 226 Å². The van der Waals surface area contributed by atoms with E-state index in [1.165, 1.54) is 30.8 Å². The third-order valence-corrected chi connectivity index (χ3v) is 7.16. The smallest absolute Gasteiger partial charge is 0.251 e. The maximum absolute atomic E-state index is 12.1. The average Bonchev–Trinajstić information content (AvgIpc) is 3.69. The van der Waals surface area contributed by atoms with Crippen molar-refractivity contribution in [3.8, 4) is 11.8 Å². The van der Waals surface area contributed by atoms with E-state index in [2.05, 4.69) is 37.0 Å². The Morgan fingerprint density at radius 2 is 2.00 bits per heavy atom. The first-order chi connectivity index (χ1) is 19.0. The lowest BCUT2D eigenvalue weighted by Crippen LogP contribution is -2.41. The minimum absolute atomic E-state index is 0.123. The fourth-order valence-corrected chi connectivity index (χ4v) is 5.05. The number of nitrogen functional groups attached to an aromatic ring is 1. The average molecular weight is 536 g/mol. The number of aliphatic hydroxyl groups is 2. The van der Waals surface area contributed by atoms with Crippen LogP contribution in [0.25, 0.3) is 11.2 Å². The van der Waals surface area contributed by atoms with E-state index >= 15 is 0 Å². The molecule has 3 heterocycles. The van der Waals surface area contributed by atoms with Gasteiger partial charge >= 0.3 is 0 Å². The van der Waals surface area contributed by atoms with Crippen molar-refractivity contribution in [3.05, 3.63) is 48.0 Å². The molecular weight excluding hydrogens is 502 g/mol. The molecule has 1 saturated heterocycles. The summed E-state index contributed by atoms with van der Waals surface area (Å²) in [7, 11) is 1.42. The predicted molar refractivity (Wildman–Crippen MR) is 142 cm³/mol. The van der Waals surface area contributed by atoms with Crippen molar-refractivity contribution >= 4 is 22.9 Å². The molecule has 4 atom stereocenters. The van der Waals surface area contributed by atoms with Crippen LogP contribution in [0.2, 0.25) is 0 Å². The van der Waals surface area contributed by atoms with Gasteiger partial charge in [0.1, 0.15) is 24.5 Å². The first-order valence-electron chi connectivity index (χ1n) is 13.0.